The summed E-state index contributed by atoms with van der Waals surface area (Å²) in [4.78, 5) is 0.993. The Morgan fingerprint density at radius 3 is 2.71 bits per heavy atom. The summed E-state index contributed by atoms with van der Waals surface area (Å²) in [5.74, 6) is 0. The fraction of sp³-hybridized carbons (Fsp3) is 0.462. The highest BCUT2D eigenvalue weighted by atomic mass is 32.2. The number of hydrogen-bond donors (Lipinski definition) is 1. The van der Waals surface area contributed by atoms with Gasteiger partial charge in [0.1, 0.15) is 6.07 Å². The molecule has 0 saturated heterocycles. The predicted molar refractivity (Wildman–Crippen MR) is 72.5 cm³/mol. The Bertz CT molecular complexity index is 424. The minimum Gasteiger partial charge on any atom is -0.381 e. The van der Waals surface area contributed by atoms with E-state index in [1.807, 2.05) is 38.3 Å². The first-order valence-corrected chi connectivity index (χ1v) is 6.62. The van der Waals surface area contributed by atoms with Crippen LogP contribution in [0.5, 0.6) is 0 Å². The van der Waals surface area contributed by atoms with Crippen LogP contribution in [0.3, 0.4) is 0 Å². The van der Waals surface area contributed by atoms with Crippen LogP contribution >= 0.6 is 11.8 Å². The second kappa shape index (κ2) is 5.95. The molecule has 0 amide bonds. The summed E-state index contributed by atoms with van der Waals surface area (Å²) in [7, 11) is 1.69. The van der Waals surface area contributed by atoms with E-state index in [1.54, 1.807) is 18.9 Å². The first-order valence-electron chi connectivity index (χ1n) is 5.40. The molecule has 1 aromatic rings. The highest BCUT2D eigenvalue weighted by Gasteiger charge is 2.17. The molecule has 0 saturated carbocycles. The van der Waals surface area contributed by atoms with Gasteiger partial charge in [-0.2, -0.15) is 5.26 Å². The van der Waals surface area contributed by atoms with E-state index in [9.17, 15) is 5.26 Å². The number of hydrogen-bond acceptors (Lipinski definition) is 4. The van der Waals surface area contributed by atoms with E-state index in [4.69, 9.17) is 4.74 Å². The van der Waals surface area contributed by atoms with Gasteiger partial charge in [0.2, 0.25) is 0 Å². The molecule has 0 spiro atoms. The molecule has 0 heterocycles. The lowest BCUT2D eigenvalue weighted by atomic mass is 10.1. The summed E-state index contributed by atoms with van der Waals surface area (Å²) in [6.07, 6.45) is 1.97. The van der Waals surface area contributed by atoms with E-state index in [0.29, 0.717) is 12.1 Å². The molecule has 0 radical (unpaired) electrons. The Labute approximate surface area is 107 Å². The van der Waals surface area contributed by atoms with Crippen molar-refractivity contribution in [3.63, 3.8) is 0 Å². The van der Waals surface area contributed by atoms with Gasteiger partial charge in [0.25, 0.3) is 0 Å². The molecule has 92 valence electrons. The van der Waals surface area contributed by atoms with Crippen molar-refractivity contribution in [2.24, 2.45) is 0 Å². The molecule has 1 aromatic carbocycles. The molecule has 0 atom stereocenters. The van der Waals surface area contributed by atoms with Crippen molar-refractivity contribution < 1.29 is 4.74 Å². The van der Waals surface area contributed by atoms with Crippen LogP contribution in [0.25, 0.3) is 0 Å². The van der Waals surface area contributed by atoms with E-state index in [2.05, 4.69) is 11.4 Å². The summed E-state index contributed by atoms with van der Waals surface area (Å²) in [6, 6.07) is 8.07. The standard InChI is InChI=1S/C13H18N2OS/c1-13(2,16-3)9-15-11-6-5-7-12(17-4)10(11)8-14/h5-7,15H,9H2,1-4H3. The molecular formula is C13H18N2OS. The van der Waals surface area contributed by atoms with Crippen LogP contribution in [0.4, 0.5) is 5.69 Å². The van der Waals surface area contributed by atoms with E-state index in [0.717, 1.165) is 10.6 Å². The molecule has 0 aromatic heterocycles. The topological polar surface area (TPSA) is 45.0 Å². The first kappa shape index (κ1) is 13.9. The SMILES string of the molecule is COC(C)(C)CNc1cccc(SC)c1C#N. The fourth-order valence-electron chi connectivity index (χ4n) is 1.34. The third-order valence-corrected chi connectivity index (χ3v) is 3.40. The zero-order chi connectivity index (χ0) is 12.9. The number of thioether (sulfide) groups is 1. The van der Waals surface area contributed by atoms with Crippen LogP contribution in [0.2, 0.25) is 0 Å². The summed E-state index contributed by atoms with van der Waals surface area (Å²) < 4.78 is 5.34. The van der Waals surface area contributed by atoms with Crippen LogP contribution < -0.4 is 5.32 Å². The Hall–Kier alpha value is -1.18. The zero-order valence-electron chi connectivity index (χ0n) is 10.7. The number of nitriles is 1. The summed E-state index contributed by atoms with van der Waals surface area (Å²) in [5, 5.41) is 12.5. The van der Waals surface area contributed by atoms with Crippen molar-refractivity contribution in [2.75, 3.05) is 25.2 Å². The van der Waals surface area contributed by atoms with Crippen LogP contribution in [0, 0.1) is 11.3 Å². The molecule has 0 unspecified atom stereocenters. The smallest absolute Gasteiger partial charge is 0.102 e. The maximum atomic E-state index is 9.18. The number of ether oxygens (including phenoxy) is 1. The number of rotatable bonds is 5. The van der Waals surface area contributed by atoms with Crippen LogP contribution in [-0.4, -0.2) is 25.5 Å². The highest BCUT2D eigenvalue weighted by Crippen LogP contribution is 2.26. The van der Waals surface area contributed by atoms with Gasteiger partial charge in [-0.25, -0.2) is 0 Å². The van der Waals surface area contributed by atoms with Crippen LogP contribution in [0.15, 0.2) is 23.1 Å². The number of nitrogens with zero attached hydrogens (tertiary/aromatic N) is 1. The second-order valence-corrected chi connectivity index (χ2v) is 5.16. The maximum absolute atomic E-state index is 9.18. The average molecular weight is 250 g/mol. The quantitative estimate of drug-likeness (QED) is 0.816. The Balaban J connectivity index is 2.89. The summed E-state index contributed by atoms with van der Waals surface area (Å²) in [6.45, 7) is 4.67. The summed E-state index contributed by atoms with van der Waals surface area (Å²) in [5.41, 5.74) is 1.32. The normalized spacial score (nSPS) is 11.0. The van der Waals surface area contributed by atoms with Gasteiger partial charge in [-0.3, -0.25) is 0 Å². The number of nitrogens with one attached hydrogen (secondary N) is 1. The van der Waals surface area contributed by atoms with Crippen molar-refractivity contribution in [1.82, 2.24) is 0 Å². The molecule has 4 heteroatoms. The number of anilines is 1. The van der Waals surface area contributed by atoms with Crippen LogP contribution in [0.1, 0.15) is 19.4 Å². The fourth-order valence-corrected chi connectivity index (χ4v) is 1.92. The van der Waals surface area contributed by atoms with Gasteiger partial charge in [-0.1, -0.05) is 6.07 Å². The van der Waals surface area contributed by atoms with Gasteiger partial charge in [0.05, 0.1) is 16.9 Å². The third-order valence-electron chi connectivity index (χ3n) is 2.62. The van der Waals surface area contributed by atoms with Crippen molar-refractivity contribution in [3.05, 3.63) is 23.8 Å². The molecule has 0 aliphatic carbocycles. The lowest BCUT2D eigenvalue weighted by molar-refractivity contribution is 0.0344. The van der Waals surface area contributed by atoms with Crippen molar-refractivity contribution >= 4 is 17.4 Å². The molecule has 17 heavy (non-hydrogen) atoms. The molecule has 1 N–H and O–H groups in total. The molecular weight excluding hydrogens is 232 g/mol. The monoisotopic (exact) mass is 250 g/mol. The minimum atomic E-state index is -0.248. The van der Waals surface area contributed by atoms with Gasteiger partial charge in [0, 0.05) is 18.6 Å². The Morgan fingerprint density at radius 2 is 2.18 bits per heavy atom. The van der Waals surface area contributed by atoms with E-state index < -0.39 is 0 Å². The highest BCUT2D eigenvalue weighted by molar-refractivity contribution is 7.98. The maximum Gasteiger partial charge on any atom is 0.102 e. The van der Waals surface area contributed by atoms with Crippen molar-refractivity contribution in [3.8, 4) is 6.07 Å². The molecule has 1 rings (SSSR count). The molecule has 0 aliphatic heterocycles. The van der Waals surface area contributed by atoms with Crippen molar-refractivity contribution in [1.29, 1.82) is 5.26 Å². The minimum absolute atomic E-state index is 0.248. The largest absolute Gasteiger partial charge is 0.381 e. The molecule has 0 aliphatic rings. The lowest BCUT2D eigenvalue weighted by Gasteiger charge is -2.24. The lowest BCUT2D eigenvalue weighted by Crippen LogP contribution is -2.32. The van der Waals surface area contributed by atoms with Crippen molar-refractivity contribution in [2.45, 2.75) is 24.3 Å². The first-order chi connectivity index (χ1) is 8.04. The third kappa shape index (κ3) is 3.65. The van der Waals surface area contributed by atoms with Gasteiger partial charge in [-0.15, -0.1) is 11.8 Å². The average Bonchev–Trinajstić information content (AvgIpc) is 2.35. The molecule has 0 fully saturated rings. The molecule has 0 bridgehead atoms. The second-order valence-electron chi connectivity index (χ2n) is 4.31. The Morgan fingerprint density at radius 1 is 1.47 bits per heavy atom. The van der Waals surface area contributed by atoms with E-state index >= 15 is 0 Å². The van der Waals surface area contributed by atoms with E-state index in [-0.39, 0.29) is 5.60 Å². The summed E-state index contributed by atoms with van der Waals surface area (Å²) >= 11 is 1.58. The molecule has 3 nitrogen and oxygen atoms in total. The predicted octanol–water partition coefficient (Wildman–Crippen LogP) is 3.12. The number of methoxy groups -OCH3 is 1. The van der Waals surface area contributed by atoms with Gasteiger partial charge >= 0.3 is 0 Å². The Kier molecular flexibility index (Phi) is 4.86. The van der Waals surface area contributed by atoms with Gasteiger partial charge < -0.3 is 10.1 Å². The van der Waals surface area contributed by atoms with E-state index in [1.165, 1.54) is 0 Å². The van der Waals surface area contributed by atoms with Crippen LogP contribution in [-0.2, 0) is 4.74 Å². The number of benzene rings is 1. The van der Waals surface area contributed by atoms with Gasteiger partial charge in [0.15, 0.2) is 0 Å². The van der Waals surface area contributed by atoms with Gasteiger partial charge in [-0.05, 0) is 32.2 Å². The zero-order valence-corrected chi connectivity index (χ0v) is 11.5.